The van der Waals surface area contributed by atoms with Crippen LogP contribution in [0, 0.1) is 11.3 Å². The molecule has 1 unspecified atom stereocenters. The van der Waals surface area contributed by atoms with Crippen molar-refractivity contribution in [1.29, 1.82) is 0 Å². The van der Waals surface area contributed by atoms with Crippen LogP contribution in [0.25, 0.3) is 0 Å². The minimum atomic E-state index is 0.224. The zero-order chi connectivity index (χ0) is 11.2. The van der Waals surface area contributed by atoms with Crippen molar-refractivity contribution < 1.29 is 5.11 Å². The molecule has 0 saturated heterocycles. The second-order valence-corrected chi connectivity index (χ2v) is 5.28. The molecule has 1 atom stereocenters. The van der Waals surface area contributed by atoms with Crippen molar-refractivity contribution in [3.05, 3.63) is 24.3 Å². The van der Waals surface area contributed by atoms with Crippen LogP contribution in [0.1, 0.15) is 40.5 Å². The average molecular weight is 196 g/mol. The van der Waals surface area contributed by atoms with Gasteiger partial charge in [-0.15, -0.1) is 0 Å². The van der Waals surface area contributed by atoms with E-state index in [-0.39, 0.29) is 12.5 Å². The second-order valence-electron chi connectivity index (χ2n) is 5.28. The van der Waals surface area contributed by atoms with Crippen molar-refractivity contribution in [1.82, 2.24) is 0 Å². The van der Waals surface area contributed by atoms with Crippen LogP contribution < -0.4 is 0 Å². The zero-order valence-electron chi connectivity index (χ0n) is 10.0. The fraction of sp³-hybridized carbons (Fsp3) is 0.692. The molecule has 14 heavy (non-hydrogen) atoms. The summed E-state index contributed by atoms with van der Waals surface area (Å²) in [5, 5.41) is 8.81. The molecule has 1 N–H and O–H groups in total. The zero-order valence-corrected chi connectivity index (χ0v) is 10.0. The summed E-state index contributed by atoms with van der Waals surface area (Å²) in [7, 11) is 0. The van der Waals surface area contributed by atoms with Crippen molar-refractivity contribution >= 4 is 0 Å². The SMILES string of the molecule is C=C(CC=CC(C)CO)CC(C)(C)C. The van der Waals surface area contributed by atoms with Gasteiger partial charge in [-0.1, -0.05) is 52.0 Å². The topological polar surface area (TPSA) is 20.2 Å². The van der Waals surface area contributed by atoms with Gasteiger partial charge in [-0.2, -0.15) is 0 Å². The minimum absolute atomic E-state index is 0.224. The fourth-order valence-corrected chi connectivity index (χ4v) is 1.35. The predicted octanol–water partition coefficient (Wildman–Crippen LogP) is 3.55. The van der Waals surface area contributed by atoms with Crippen LogP contribution in [0.4, 0.5) is 0 Å². The van der Waals surface area contributed by atoms with E-state index >= 15 is 0 Å². The van der Waals surface area contributed by atoms with E-state index in [1.165, 1.54) is 5.57 Å². The van der Waals surface area contributed by atoms with Crippen LogP contribution in [0.2, 0.25) is 0 Å². The highest BCUT2D eigenvalue weighted by molar-refractivity contribution is 5.05. The smallest absolute Gasteiger partial charge is 0.0491 e. The van der Waals surface area contributed by atoms with Gasteiger partial charge in [-0.05, 0) is 24.2 Å². The Hall–Kier alpha value is -0.560. The molecular formula is C13H24O. The number of hydrogen-bond donors (Lipinski definition) is 1. The number of allylic oxidation sites excluding steroid dienone is 2. The summed E-state index contributed by atoms with van der Waals surface area (Å²) in [5.74, 6) is 0.262. The number of aliphatic hydroxyl groups excluding tert-OH is 1. The van der Waals surface area contributed by atoms with Crippen LogP contribution >= 0.6 is 0 Å². The van der Waals surface area contributed by atoms with Crippen LogP contribution in [0.3, 0.4) is 0 Å². The first-order valence-electron chi connectivity index (χ1n) is 5.29. The summed E-state index contributed by atoms with van der Waals surface area (Å²) in [5.41, 5.74) is 1.59. The van der Waals surface area contributed by atoms with E-state index in [9.17, 15) is 0 Å². The van der Waals surface area contributed by atoms with E-state index in [0.717, 1.165) is 12.8 Å². The maximum absolute atomic E-state index is 8.81. The number of aliphatic hydroxyl groups is 1. The number of rotatable bonds is 5. The van der Waals surface area contributed by atoms with Crippen LogP contribution in [-0.2, 0) is 0 Å². The molecule has 0 aliphatic carbocycles. The van der Waals surface area contributed by atoms with Crippen molar-refractivity contribution in [2.45, 2.75) is 40.5 Å². The maximum atomic E-state index is 8.81. The predicted molar refractivity (Wildman–Crippen MR) is 63.2 cm³/mol. The van der Waals surface area contributed by atoms with Gasteiger partial charge in [0.2, 0.25) is 0 Å². The van der Waals surface area contributed by atoms with Gasteiger partial charge in [0.25, 0.3) is 0 Å². The fourth-order valence-electron chi connectivity index (χ4n) is 1.35. The quantitative estimate of drug-likeness (QED) is 0.667. The molecule has 1 heteroatoms. The minimum Gasteiger partial charge on any atom is -0.396 e. The molecule has 1 nitrogen and oxygen atoms in total. The molecule has 0 fully saturated rings. The summed E-state index contributed by atoms with van der Waals surface area (Å²) in [6.07, 6.45) is 6.15. The standard InChI is InChI=1S/C13H24O/c1-11(9-13(3,4)5)7-6-8-12(2)10-14/h6,8,12,14H,1,7,9-10H2,2-5H3. The van der Waals surface area contributed by atoms with Gasteiger partial charge < -0.3 is 5.11 Å². The van der Waals surface area contributed by atoms with E-state index < -0.39 is 0 Å². The molecule has 0 radical (unpaired) electrons. The Labute approximate surface area is 88.5 Å². The molecule has 0 aliphatic heterocycles. The summed E-state index contributed by atoms with van der Waals surface area (Å²) in [6.45, 7) is 12.9. The van der Waals surface area contributed by atoms with Crippen molar-refractivity contribution in [3.63, 3.8) is 0 Å². The van der Waals surface area contributed by atoms with E-state index in [2.05, 4.69) is 33.4 Å². The van der Waals surface area contributed by atoms with Gasteiger partial charge in [0.05, 0.1) is 0 Å². The summed E-state index contributed by atoms with van der Waals surface area (Å²) in [6, 6.07) is 0. The van der Waals surface area contributed by atoms with Crippen molar-refractivity contribution in [2.24, 2.45) is 11.3 Å². The van der Waals surface area contributed by atoms with E-state index in [1.54, 1.807) is 0 Å². The largest absolute Gasteiger partial charge is 0.396 e. The van der Waals surface area contributed by atoms with Gasteiger partial charge in [-0.3, -0.25) is 0 Å². The Balaban J connectivity index is 3.80. The van der Waals surface area contributed by atoms with E-state index in [0.29, 0.717) is 5.41 Å². The lowest BCUT2D eigenvalue weighted by Crippen LogP contribution is -2.05. The lowest BCUT2D eigenvalue weighted by molar-refractivity contribution is 0.262. The monoisotopic (exact) mass is 196 g/mol. The Bertz CT molecular complexity index is 196. The molecule has 82 valence electrons. The lowest BCUT2D eigenvalue weighted by Gasteiger charge is -2.18. The highest BCUT2D eigenvalue weighted by Crippen LogP contribution is 2.24. The molecule has 0 aromatic heterocycles. The molecule has 0 aromatic rings. The van der Waals surface area contributed by atoms with Crippen LogP contribution in [0.15, 0.2) is 24.3 Å². The van der Waals surface area contributed by atoms with Gasteiger partial charge in [0.1, 0.15) is 0 Å². The molecule has 0 saturated carbocycles. The summed E-state index contributed by atoms with van der Waals surface area (Å²) >= 11 is 0. The van der Waals surface area contributed by atoms with Crippen molar-refractivity contribution in [3.8, 4) is 0 Å². The van der Waals surface area contributed by atoms with Gasteiger partial charge >= 0.3 is 0 Å². The molecule has 0 amide bonds. The van der Waals surface area contributed by atoms with E-state index in [1.807, 2.05) is 13.0 Å². The normalized spacial score (nSPS) is 14.6. The van der Waals surface area contributed by atoms with E-state index in [4.69, 9.17) is 5.11 Å². The Morgan fingerprint density at radius 1 is 1.43 bits per heavy atom. The Morgan fingerprint density at radius 2 is 2.00 bits per heavy atom. The third-order valence-electron chi connectivity index (χ3n) is 1.94. The lowest BCUT2D eigenvalue weighted by atomic mass is 9.87. The van der Waals surface area contributed by atoms with Crippen LogP contribution in [0.5, 0.6) is 0 Å². The number of hydrogen-bond acceptors (Lipinski definition) is 1. The molecule has 0 bridgehead atoms. The van der Waals surface area contributed by atoms with Crippen molar-refractivity contribution in [2.75, 3.05) is 6.61 Å². The molecule has 0 aromatic carbocycles. The Kier molecular flexibility index (Phi) is 5.78. The maximum Gasteiger partial charge on any atom is 0.0491 e. The highest BCUT2D eigenvalue weighted by atomic mass is 16.3. The first-order chi connectivity index (χ1) is 6.35. The third kappa shape index (κ3) is 8.06. The molecule has 0 aliphatic rings. The van der Waals surface area contributed by atoms with Crippen LogP contribution in [-0.4, -0.2) is 11.7 Å². The highest BCUT2D eigenvalue weighted by Gasteiger charge is 2.10. The molecular weight excluding hydrogens is 172 g/mol. The molecule has 0 spiro atoms. The van der Waals surface area contributed by atoms with Gasteiger partial charge in [0, 0.05) is 6.61 Å². The Morgan fingerprint density at radius 3 is 2.43 bits per heavy atom. The summed E-state index contributed by atoms with van der Waals surface area (Å²) < 4.78 is 0. The van der Waals surface area contributed by atoms with Gasteiger partial charge in [0.15, 0.2) is 0 Å². The summed E-state index contributed by atoms with van der Waals surface area (Å²) in [4.78, 5) is 0. The molecule has 0 heterocycles. The first-order valence-corrected chi connectivity index (χ1v) is 5.29. The average Bonchev–Trinajstić information content (AvgIpc) is 2.00. The second kappa shape index (κ2) is 6.02. The van der Waals surface area contributed by atoms with Gasteiger partial charge in [-0.25, -0.2) is 0 Å². The third-order valence-corrected chi connectivity index (χ3v) is 1.94. The molecule has 0 rings (SSSR count). The first kappa shape index (κ1) is 13.4.